The molecule has 21 heavy (non-hydrogen) atoms. The van der Waals surface area contributed by atoms with Gasteiger partial charge in [-0.15, -0.1) is 0 Å². The third kappa shape index (κ3) is 4.12. The van der Waals surface area contributed by atoms with Gasteiger partial charge in [0.2, 0.25) is 0 Å². The zero-order valence-electron chi connectivity index (χ0n) is 9.85. The molecule has 0 fully saturated rings. The highest BCUT2D eigenvalue weighted by Gasteiger charge is 2.48. The molecule has 0 heterocycles. The van der Waals surface area contributed by atoms with Crippen molar-refractivity contribution in [2.24, 2.45) is 0 Å². The second-order valence-corrected chi connectivity index (χ2v) is 5.40. The van der Waals surface area contributed by atoms with Gasteiger partial charge in [0.15, 0.2) is 5.75 Å². The lowest BCUT2D eigenvalue weighted by atomic mass is 10.1. The van der Waals surface area contributed by atoms with Gasteiger partial charge < -0.3 is 4.18 Å². The lowest BCUT2D eigenvalue weighted by Gasteiger charge is -2.10. The van der Waals surface area contributed by atoms with Gasteiger partial charge in [0.25, 0.3) is 0 Å². The van der Waals surface area contributed by atoms with E-state index >= 15 is 0 Å². The molecule has 1 aromatic rings. The Morgan fingerprint density at radius 3 is 2.29 bits per heavy atom. The van der Waals surface area contributed by atoms with Gasteiger partial charge >= 0.3 is 15.6 Å². The Labute approximate surface area is 122 Å². The fraction of sp³-hybridized carbons (Fsp3) is 0.0909. The fourth-order valence-corrected chi connectivity index (χ4v) is 1.85. The Morgan fingerprint density at radius 1 is 1.29 bits per heavy atom. The minimum absolute atomic E-state index is 0.217. The number of rotatable bonds is 3. The van der Waals surface area contributed by atoms with E-state index in [0.29, 0.717) is 0 Å². The van der Waals surface area contributed by atoms with Crippen LogP contribution >= 0.6 is 11.6 Å². The summed E-state index contributed by atoms with van der Waals surface area (Å²) in [6.45, 7) is 0. The Hall–Kier alpha value is -2.23. The van der Waals surface area contributed by atoms with Crippen LogP contribution in [0.3, 0.4) is 0 Å². The fourth-order valence-electron chi connectivity index (χ4n) is 1.10. The van der Waals surface area contributed by atoms with Gasteiger partial charge in [0, 0.05) is 0 Å². The van der Waals surface area contributed by atoms with E-state index in [9.17, 15) is 21.6 Å². The summed E-state index contributed by atoms with van der Waals surface area (Å²) in [5.74, 6) is -0.721. The zero-order chi connectivity index (χ0) is 16.3. The highest BCUT2D eigenvalue weighted by Crippen LogP contribution is 2.32. The molecule has 1 aromatic carbocycles. The summed E-state index contributed by atoms with van der Waals surface area (Å²) in [6.07, 6.45) is 1.12. The smallest absolute Gasteiger partial charge is 0.374 e. The third-order valence-corrected chi connectivity index (χ3v) is 3.25. The molecule has 0 saturated heterocycles. The van der Waals surface area contributed by atoms with Gasteiger partial charge in [-0.1, -0.05) is 17.7 Å². The van der Waals surface area contributed by atoms with Crippen LogP contribution < -0.4 is 4.18 Å². The lowest BCUT2D eigenvalue weighted by Crippen LogP contribution is -2.28. The number of hydrogen-bond acceptors (Lipinski definition) is 5. The summed E-state index contributed by atoms with van der Waals surface area (Å²) in [4.78, 5) is 0. The molecule has 0 aliphatic rings. The van der Waals surface area contributed by atoms with Crippen LogP contribution in [0.1, 0.15) is 5.56 Å². The predicted molar refractivity (Wildman–Crippen MR) is 66.3 cm³/mol. The van der Waals surface area contributed by atoms with E-state index in [1.807, 2.05) is 0 Å². The van der Waals surface area contributed by atoms with E-state index in [1.54, 1.807) is 12.1 Å². The molecule has 10 heteroatoms. The number of nitriles is 2. The molecular weight excluding hydrogens is 333 g/mol. The first-order valence-electron chi connectivity index (χ1n) is 4.93. The molecule has 0 spiro atoms. The number of nitrogens with zero attached hydrogens (tertiary/aromatic N) is 2. The molecule has 0 saturated carbocycles. The van der Waals surface area contributed by atoms with Crippen molar-refractivity contribution >= 4 is 27.8 Å². The zero-order valence-corrected chi connectivity index (χ0v) is 11.4. The van der Waals surface area contributed by atoms with E-state index < -0.39 is 26.4 Å². The minimum Gasteiger partial charge on any atom is -0.374 e. The van der Waals surface area contributed by atoms with Crippen molar-refractivity contribution in [1.82, 2.24) is 0 Å². The maximum Gasteiger partial charge on any atom is 0.534 e. The van der Waals surface area contributed by atoms with Gasteiger partial charge in [0.1, 0.15) is 17.7 Å². The predicted octanol–water partition coefficient (Wildman–Crippen LogP) is 3.00. The molecule has 0 aliphatic heterocycles. The highest BCUT2D eigenvalue weighted by atomic mass is 35.5. The molecule has 0 radical (unpaired) electrons. The number of hydrogen-bond donors (Lipinski definition) is 0. The molecular formula is C11H4ClF3N2O3S. The molecule has 0 unspecified atom stereocenters. The summed E-state index contributed by atoms with van der Waals surface area (Å²) >= 11 is 5.60. The van der Waals surface area contributed by atoms with Crippen LogP contribution in [-0.2, 0) is 10.1 Å². The van der Waals surface area contributed by atoms with E-state index in [-0.39, 0.29) is 11.1 Å². The van der Waals surface area contributed by atoms with Crippen LogP contribution in [0.25, 0.3) is 6.08 Å². The van der Waals surface area contributed by atoms with Crippen molar-refractivity contribution in [1.29, 1.82) is 10.5 Å². The maximum atomic E-state index is 12.2. The average Bonchev–Trinajstić information content (AvgIpc) is 2.37. The Morgan fingerprint density at radius 2 is 1.86 bits per heavy atom. The van der Waals surface area contributed by atoms with Crippen molar-refractivity contribution in [3.63, 3.8) is 0 Å². The van der Waals surface area contributed by atoms with Crippen molar-refractivity contribution in [2.75, 3.05) is 0 Å². The molecule has 0 aromatic heterocycles. The van der Waals surface area contributed by atoms with Gasteiger partial charge in [0.05, 0.1) is 5.02 Å². The van der Waals surface area contributed by atoms with Gasteiger partial charge in [-0.2, -0.15) is 32.1 Å². The van der Waals surface area contributed by atoms with E-state index in [1.165, 1.54) is 0 Å². The van der Waals surface area contributed by atoms with E-state index in [2.05, 4.69) is 4.18 Å². The van der Waals surface area contributed by atoms with Gasteiger partial charge in [-0.25, -0.2) is 0 Å². The average molecular weight is 337 g/mol. The van der Waals surface area contributed by atoms with Gasteiger partial charge in [-0.3, -0.25) is 0 Å². The Bertz CT molecular complexity index is 757. The topological polar surface area (TPSA) is 90.9 Å². The number of alkyl halides is 3. The quantitative estimate of drug-likeness (QED) is 0.480. The SMILES string of the molecule is N#CC(C#N)=Cc1ccc(OS(=O)(=O)C(F)(F)F)c(Cl)c1. The largest absolute Gasteiger partial charge is 0.534 e. The summed E-state index contributed by atoms with van der Waals surface area (Å²) < 4.78 is 62.0. The van der Waals surface area contributed by atoms with Crippen molar-refractivity contribution in [3.05, 3.63) is 34.4 Å². The minimum atomic E-state index is -5.82. The summed E-state index contributed by atoms with van der Waals surface area (Å²) in [5, 5.41) is 16.7. The first-order chi connectivity index (χ1) is 9.60. The van der Waals surface area contributed by atoms with Crippen LogP contribution in [0, 0.1) is 22.7 Å². The molecule has 0 amide bonds. The van der Waals surface area contributed by atoms with Crippen molar-refractivity contribution in [3.8, 4) is 17.9 Å². The van der Waals surface area contributed by atoms with Crippen LogP contribution in [0.15, 0.2) is 23.8 Å². The Kier molecular flexibility index (Phi) is 4.84. The standard InChI is InChI=1S/C11H4ClF3N2O3S/c12-9-4-7(3-8(5-16)6-17)1-2-10(9)20-21(18,19)11(13,14)15/h1-4H. The normalized spacial score (nSPS) is 11.1. The monoisotopic (exact) mass is 336 g/mol. The summed E-state index contributed by atoms with van der Waals surface area (Å²) in [6, 6.07) is 6.22. The summed E-state index contributed by atoms with van der Waals surface area (Å²) in [7, 11) is -5.82. The molecule has 0 bridgehead atoms. The van der Waals surface area contributed by atoms with Gasteiger partial charge in [-0.05, 0) is 23.8 Å². The van der Waals surface area contributed by atoms with E-state index in [0.717, 1.165) is 24.3 Å². The molecule has 1 rings (SSSR count). The van der Waals surface area contributed by atoms with E-state index in [4.69, 9.17) is 22.1 Å². The molecule has 0 atom stereocenters. The number of benzene rings is 1. The number of halogens is 4. The molecule has 0 N–H and O–H groups in total. The highest BCUT2D eigenvalue weighted by molar-refractivity contribution is 7.88. The molecule has 5 nitrogen and oxygen atoms in total. The molecule has 0 aliphatic carbocycles. The second-order valence-electron chi connectivity index (χ2n) is 3.45. The first-order valence-corrected chi connectivity index (χ1v) is 6.71. The third-order valence-electron chi connectivity index (χ3n) is 1.99. The molecule has 110 valence electrons. The van der Waals surface area contributed by atoms with Crippen molar-refractivity contribution < 1.29 is 25.8 Å². The van der Waals surface area contributed by atoms with Crippen LogP contribution in [-0.4, -0.2) is 13.9 Å². The summed E-state index contributed by atoms with van der Waals surface area (Å²) in [5.41, 5.74) is -5.62. The number of allylic oxidation sites excluding steroid dienone is 1. The maximum absolute atomic E-state index is 12.2. The first kappa shape index (κ1) is 16.8. The second kappa shape index (κ2) is 6.04. The van der Waals surface area contributed by atoms with Crippen molar-refractivity contribution in [2.45, 2.75) is 5.51 Å². The Balaban J connectivity index is 3.15. The lowest BCUT2D eigenvalue weighted by molar-refractivity contribution is -0.0500. The van der Waals surface area contributed by atoms with Crippen LogP contribution in [0.5, 0.6) is 5.75 Å². The van der Waals surface area contributed by atoms with Crippen LogP contribution in [0.4, 0.5) is 13.2 Å². The van der Waals surface area contributed by atoms with Crippen LogP contribution in [0.2, 0.25) is 5.02 Å².